The lowest BCUT2D eigenvalue weighted by Gasteiger charge is -2.61. The zero-order chi connectivity index (χ0) is 23.6. The van der Waals surface area contributed by atoms with Crippen molar-refractivity contribution >= 4 is 11.5 Å². The van der Waals surface area contributed by atoms with Gasteiger partial charge in [0.1, 0.15) is 5.60 Å². The summed E-state index contributed by atoms with van der Waals surface area (Å²) in [6.45, 7) is 6.62. The molecule has 0 spiro atoms. The highest BCUT2D eigenvalue weighted by Gasteiger charge is 2.66. The first-order chi connectivity index (χ1) is 15.6. The number of anilines is 1. The highest BCUT2D eigenvalue weighted by atomic mass is 16.3. The molecule has 0 unspecified atom stereocenters. The molecule has 0 aromatic heterocycles. The molecule has 0 amide bonds. The van der Waals surface area contributed by atoms with Crippen LogP contribution < -0.4 is 4.90 Å². The Labute approximate surface area is 199 Å². The number of hydrogen-bond acceptors (Lipinski definition) is 3. The second kappa shape index (κ2) is 7.74. The summed E-state index contributed by atoms with van der Waals surface area (Å²) < 4.78 is 0. The molecule has 3 heteroatoms. The fourth-order valence-electron chi connectivity index (χ4n) is 8.50. The van der Waals surface area contributed by atoms with Crippen molar-refractivity contribution in [3.05, 3.63) is 41.5 Å². The second-order valence-corrected chi connectivity index (χ2v) is 11.9. The predicted molar refractivity (Wildman–Crippen MR) is 134 cm³/mol. The summed E-state index contributed by atoms with van der Waals surface area (Å²) in [6.07, 6.45) is 8.58. The summed E-state index contributed by atoms with van der Waals surface area (Å²) in [4.78, 5) is 14.5. The third-order valence-electron chi connectivity index (χ3n) is 10.2. The molecule has 0 saturated heterocycles. The normalized spacial score (nSPS) is 41.8. The summed E-state index contributed by atoms with van der Waals surface area (Å²) >= 11 is 0. The zero-order valence-corrected chi connectivity index (χ0v) is 20.9. The molecule has 3 saturated carbocycles. The summed E-state index contributed by atoms with van der Waals surface area (Å²) in [7, 11) is 4.16. The number of fused-ring (bicyclic) bond motifs is 5. The molecule has 0 aliphatic heterocycles. The van der Waals surface area contributed by atoms with Crippen LogP contribution in [0.3, 0.4) is 0 Å². The topological polar surface area (TPSA) is 40.5 Å². The number of allylic oxidation sites excluding steroid dienone is 1. The van der Waals surface area contributed by atoms with Gasteiger partial charge in [-0.25, -0.2) is 0 Å². The van der Waals surface area contributed by atoms with Crippen LogP contribution >= 0.6 is 0 Å². The molecule has 33 heavy (non-hydrogen) atoms. The smallest absolute Gasteiger partial charge is 0.155 e. The van der Waals surface area contributed by atoms with Crippen LogP contribution in [0.15, 0.2) is 35.9 Å². The van der Waals surface area contributed by atoms with Crippen LogP contribution in [-0.2, 0) is 4.79 Å². The highest BCUT2D eigenvalue weighted by molar-refractivity contribution is 5.91. The standard InChI is InChI=1S/C30H39NO2/c1-6-15-30(33)17-14-26-24-12-9-21-18-23(32)13-16-28(21,2)27(24)25(19-29(26,30)3)20-7-10-22(11-8-20)31(4)5/h7-8,10-11,18,24-27,33H,9,12-14,16-17,19H2,1-5H3/t24-,25+,26-,27+,28-,29-,30-/m0/s1. The SMILES string of the molecule is CC#C[C@]1(O)CC[C@H]2[C@@H]3CCC4=CC(=O)CC[C@]4(C)[C@H]3[C@@H](c3ccc(N(C)C)cc3)C[C@@]21C. The Hall–Kier alpha value is -2.05. The van der Waals surface area contributed by atoms with E-state index >= 15 is 0 Å². The summed E-state index contributed by atoms with van der Waals surface area (Å²) in [5.41, 5.74) is 2.94. The highest BCUT2D eigenvalue weighted by Crippen LogP contribution is 2.70. The van der Waals surface area contributed by atoms with E-state index in [-0.39, 0.29) is 10.8 Å². The van der Waals surface area contributed by atoms with Crippen LogP contribution in [0.1, 0.15) is 77.2 Å². The van der Waals surface area contributed by atoms with Crippen LogP contribution in [0.25, 0.3) is 0 Å². The minimum atomic E-state index is -0.904. The Morgan fingerprint density at radius 2 is 1.79 bits per heavy atom. The number of rotatable bonds is 2. The van der Waals surface area contributed by atoms with Crippen LogP contribution in [0.2, 0.25) is 0 Å². The van der Waals surface area contributed by atoms with Crippen molar-refractivity contribution in [1.29, 1.82) is 0 Å². The Kier molecular flexibility index (Phi) is 5.33. The average molecular weight is 446 g/mol. The molecule has 4 aliphatic carbocycles. The number of hydrogen-bond donors (Lipinski definition) is 1. The minimum absolute atomic E-state index is 0.0696. The Balaban J connectivity index is 1.64. The molecular weight excluding hydrogens is 406 g/mol. The Morgan fingerprint density at radius 1 is 1.06 bits per heavy atom. The molecule has 7 atom stereocenters. The van der Waals surface area contributed by atoms with E-state index in [1.807, 2.05) is 13.0 Å². The molecule has 1 aromatic rings. The molecule has 0 heterocycles. The molecular formula is C30H39NO2. The van der Waals surface area contributed by atoms with E-state index in [0.717, 1.165) is 38.5 Å². The van der Waals surface area contributed by atoms with Crippen LogP contribution in [0, 0.1) is 40.4 Å². The maximum absolute atomic E-state index is 12.3. The van der Waals surface area contributed by atoms with Crippen molar-refractivity contribution in [1.82, 2.24) is 0 Å². The van der Waals surface area contributed by atoms with Crippen LogP contribution in [-0.4, -0.2) is 30.6 Å². The molecule has 176 valence electrons. The van der Waals surface area contributed by atoms with E-state index in [1.165, 1.54) is 16.8 Å². The fourth-order valence-corrected chi connectivity index (χ4v) is 8.50. The van der Waals surface area contributed by atoms with Gasteiger partial charge in [-0.05, 0) is 98.3 Å². The average Bonchev–Trinajstić information content (AvgIpc) is 3.04. The molecule has 4 aliphatic rings. The molecule has 1 aromatic carbocycles. The van der Waals surface area contributed by atoms with E-state index in [0.29, 0.717) is 35.9 Å². The first-order valence-corrected chi connectivity index (χ1v) is 12.8. The molecule has 0 bridgehead atoms. The third-order valence-corrected chi connectivity index (χ3v) is 10.2. The van der Waals surface area contributed by atoms with Gasteiger partial charge in [-0.3, -0.25) is 4.79 Å². The van der Waals surface area contributed by atoms with E-state index in [2.05, 4.69) is 68.9 Å². The van der Waals surface area contributed by atoms with Gasteiger partial charge >= 0.3 is 0 Å². The van der Waals surface area contributed by atoms with Gasteiger partial charge in [-0.2, -0.15) is 0 Å². The number of carbonyl (C=O) groups excluding carboxylic acids is 1. The van der Waals surface area contributed by atoms with Crippen molar-refractivity contribution in [3.8, 4) is 11.8 Å². The van der Waals surface area contributed by atoms with Gasteiger partial charge in [0.2, 0.25) is 0 Å². The third kappa shape index (κ3) is 3.24. The molecule has 0 radical (unpaired) electrons. The van der Waals surface area contributed by atoms with Crippen molar-refractivity contribution in [3.63, 3.8) is 0 Å². The largest absolute Gasteiger partial charge is 0.378 e. The van der Waals surface area contributed by atoms with Gasteiger partial charge in [-0.15, -0.1) is 5.92 Å². The Morgan fingerprint density at radius 3 is 2.45 bits per heavy atom. The molecule has 1 N–H and O–H groups in total. The van der Waals surface area contributed by atoms with Gasteiger partial charge in [0, 0.05) is 31.6 Å². The van der Waals surface area contributed by atoms with Crippen molar-refractivity contribution in [2.24, 2.45) is 28.6 Å². The quantitative estimate of drug-likeness (QED) is 0.591. The number of benzene rings is 1. The van der Waals surface area contributed by atoms with Crippen LogP contribution in [0.4, 0.5) is 5.69 Å². The number of carbonyl (C=O) groups is 1. The van der Waals surface area contributed by atoms with Gasteiger partial charge in [0.15, 0.2) is 5.78 Å². The summed E-state index contributed by atoms with van der Waals surface area (Å²) in [6, 6.07) is 9.10. The number of nitrogens with zero attached hydrogens (tertiary/aromatic N) is 1. The Bertz CT molecular complexity index is 1040. The minimum Gasteiger partial charge on any atom is -0.378 e. The maximum Gasteiger partial charge on any atom is 0.155 e. The predicted octanol–water partition coefficient (Wildman–Crippen LogP) is 5.73. The van der Waals surface area contributed by atoms with Gasteiger partial charge in [0.25, 0.3) is 0 Å². The van der Waals surface area contributed by atoms with Crippen LogP contribution in [0.5, 0.6) is 0 Å². The van der Waals surface area contributed by atoms with Gasteiger partial charge < -0.3 is 10.0 Å². The lowest BCUT2D eigenvalue weighted by Crippen LogP contribution is -2.57. The molecule has 5 rings (SSSR count). The molecule has 3 nitrogen and oxygen atoms in total. The van der Waals surface area contributed by atoms with E-state index in [1.54, 1.807) is 0 Å². The first kappa shape index (κ1) is 22.7. The first-order valence-electron chi connectivity index (χ1n) is 12.8. The van der Waals surface area contributed by atoms with Crippen molar-refractivity contribution in [2.75, 3.05) is 19.0 Å². The monoisotopic (exact) mass is 445 g/mol. The van der Waals surface area contributed by atoms with Gasteiger partial charge in [-0.1, -0.05) is 37.5 Å². The second-order valence-electron chi connectivity index (χ2n) is 11.9. The fraction of sp³-hybridized carbons (Fsp3) is 0.633. The van der Waals surface area contributed by atoms with E-state index < -0.39 is 5.60 Å². The number of ketones is 1. The maximum atomic E-state index is 12.3. The number of aliphatic hydroxyl groups is 1. The summed E-state index contributed by atoms with van der Waals surface area (Å²) in [5.74, 6) is 8.55. The van der Waals surface area contributed by atoms with E-state index in [4.69, 9.17) is 0 Å². The van der Waals surface area contributed by atoms with Crippen molar-refractivity contribution in [2.45, 2.75) is 77.2 Å². The zero-order valence-electron chi connectivity index (χ0n) is 20.9. The van der Waals surface area contributed by atoms with E-state index in [9.17, 15) is 9.90 Å². The lowest BCUT2D eigenvalue weighted by molar-refractivity contribution is -0.122. The molecule has 3 fully saturated rings. The summed E-state index contributed by atoms with van der Waals surface area (Å²) in [5, 5.41) is 11.8. The van der Waals surface area contributed by atoms with Gasteiger partial charge in [0.05, 0.1) is 0 Å². The lowest BCUT2D eigenvalue weighted by atomic mass is 9.43. The van der Waals surface area contributed by atoms with Crippen molar-refractivity contribution < 1.29 is 9.90 Å².